The van der Waals surface area contributed by atoms with Crippen molar-refractivity contribution < 1.29 is 21.9 Å². The summed E-state index contributed by atoms with van der Waals surface area (Å²) in [5, 5.41) is 3.95. The van der Waals surface area contributed by atoms with Gasteiger partial charge in [-0.1, -0.05) is 37.6 Å². The van der Waals surface area contributed by atoms with Crippen molar-refractivity contribution in [1.82, 2.24) is 10.0 Å². The highest BCUT2D eigenvalue weighted by molar-refractivity contribution is 7.89. The number of nitrogens with one attached hydrogen (secondary N) is 2. The van der Waals surface area contributed by atoms with Gasteiger partial charge in [0.2, 0.25) is 10.0 Å². The van der Waals surface area contributed by atoms with E-state index in [9.17, 15) is 17.2 Å². The fraction of sp³-hybridized carbons (Fsp3) is 0.455. The molecular formula is C22H27ClF2N2O3S. The summed E-state index contributed by atoms with van der Waals surface area (Å²) in [6, 6.07) is 9.07. The molecule has 0 spiro atoms. The molecule has 0 saturated carbocycles. The van der Waals surface area contributed by atoms with Crippen molar-refractivity contribution in [2.75, 3.05) is 26.2 Å². The number of sulfonamides is 1. The number of rotatable bonds is 8. The Bertz CT molecular complexity index is 1000. The number of hydrogen-bond donors (Lipinski definition) is 2. The highest BCUT2D eigenvalue weighted by Crippen LogP contribution is 2.32. The first kappa shape index (κ1) is 23.9. The Morgan fingerprint density at radius 3 is 2.58 bits per heavy atom. The van der Waals surface area contributed by atoms with E-state index in [0.29, 0.717) is 17.6 Å². The Hall–Kier alpha value is -1.74. The molecule has 2 N–H and O–H groups in total. The van der Waals surface area contributed by atoms with Gasteiger partial charge in [0.1, 0.15) is 10.7 Å². The summed E-state index contributed by atoms with van der Waals surface area (Å²) in [6.07, 6.45) is 0.880. The van der Waals surface area contributed by atoms with Crippen molar-refractivity contribution in [2.24, 2.45) is 11.8 Å². The molecule has 0 bridgehead atoms. The van der Waals surface area contributed by atoms with Gasteiger partial charge in [0.25, 0.3) is 0 Å². The molecule has 2 aromatic carbocycles. The van der Waals surface area contributed by atoms with Crippen LogP contribution < -0.4 is 14.8 Å². The van der Waals surface area contributed by atoms with Gasteiger partial charge in [0, 0.05) is 36.2 Å². The molecular weight excluding hydrogens is 446 g/mol. The van der Waals surface area contributed by atoms with Crippen LogP contribution >= 0.6 is 11.6 Å². The van der Waals surface area contributed by atoms with Gasteiger partial charge in [0.05, 0.1) is 6.61 Å². The zero-order chi connectivity index (χ0) is 22.6. The summed E-state index contributed by atoms with van der Waals surface area (Å²) in [5.74, 6) is -2.02. The molecule has 0 unspecified atom stereocenters. The van der Waals surface area contributed by atoms with Crippen molar-refractivity contribution in [2.45, 2.75) is 31.1 Å². The maximum absolute atomic E-state index is 14.6. The number of piperidine rings is 1. The number of halogens is 3. The van der Waals surface area contributed by atoms with Crippen molar-refractivity contribution in [1.29, 1.82) is 0 Å². The van der Waals surface area contributed by atoms with E-state index in [-0.39, 0.29) is 36.7 Å². The predicted molar refractivity (Wildman–Crippen MR) is 117 cm³/mol. The van der Waals surface area contributed by atoms with Crippen molar-refractivity contribution in [3.05, 3.63) is 58.6 Å². The predicted octanol–water partition coefficient (Wildman–Crippen LogP) is 4.32. The van der Waals surface area contributed by atoms with Gasteiger partial charge in [0.15, 0.2) is 11.6 Å². The quantitative estimate of drug-likeness (QED) is 0.600. The van der Waals surface area contributed by atoms with Crippen molar-refractivity contribution in [3.8, 4) is 5.75 Å². The lowest BCUT2D eigenvalue weighted by molar-refractivity contribution is 0.190. The average Bonchev–Trinajstić information content (AvgIpc) is 2.73. The van der Waals surface area contributed by atoms with Gasteiger partial charge < -0.3 is 10.1 Å². The molecule has 1 aliphatic heterocycles. The summed E-state index contributed by atoms with van der Waals surface area (Å²) in [4.78, 5) is -0.726. The lowest BCUT2D eigenvalue weighted by Gasteiger charge is -2.32. The first-order chi connectivity index (χ1) is 14.7. The molecule has 1 saturated heterocycles. The van der Waals surface area contributed by atoms with E-state index in [1.807, 2.05) is 38.1 Å². The third-order valence-electron chi connectivity index (χ3n) is 5.32. The van der Waals surface area contributed by atoms with Gasteiger partial charge in [-0.15, -0.1) is 0 Å². The SMILES string of the molecule is CC(C)CNS(=O)(=O)c1cc(F)c(OC[C@H]2CNCC[C@@H]2c2ccc(Cl)cc2)cc1F. The monoisotopic (exact) mass is 472 g/mol. The van der Waals surface area contributed by atoms with Gasteiger partial charge in [-0.3, -0.25) is 0 Å². The van der Waals surface area contributed by atoms with Gasteiger partial charge in [-0.2, -0.15) is 0 Å². The van der Waals surface area contributed by atoms with Crippen LogP contribution in [0.5, 0.6) is 5.75 Å². The van der Waals surface area contributed by atoms with Crippen LogP contribution in [-0.4, -0.2) is 34.7 Å². The summed E-state index contributed by atoms with van der Waals surface area (Å²) in [7, 11) is -4.15. The van der Waals surface area contributed by atoms with E-state index in [0.717, 1.165) is 24.6 Å². The second-order valence-corrected chi connectivity index (χ2v) is 10.4. The molecule has 0 radical (unpaired) electrons. The summed E-state index contributed by atoms with van der Waals surface area (Å²) in [6.45, 7) is 5.43. The van der Waals surface area contributed by atoms with Crippen molar-refractivity contribution >= 4 is 21.6 Å². The Morgan fingerprint density at radius 2 is 1.90 bits per heavy atom. The smallest absolute Gasteiger partial charge is 0.243 e. The van der Waals surface area contributed by atoms with Crippen LogP contribution in [0.2, 0.25) is 5.02 Å². The molecule has 5 nitrogen and oxygen atoms in total. The van der Waals surface area contributed by atoms with Gasteiger partial charge in [-0.05, 0) is 42.5 Å². The highest BCUT2D eigenvalue weighted by atomic mass is 35.5. The van der Waals surface area contributed by atoms with Gasteiger partial charge >= 0.3 is 0 Å². The summed E-state index contributed by atoms with van der Waals surface area (Å²) < 4.78 is 61.5. The maximum atomic E-state index is 14.6. The minimum Gasteiger partial charge on any atom is -0.490 e. The highest BCUT2D eigenvalue weighted by Gasteiger charge is 2.28. The van der Waals surface area contributed by atoms with Crippen LogP contribution in [0.25, 0.3) is 0 Å². The Labute approximate surface area is 187 Å². The van der Waals surface area contributed by atoms with E-state index in [1.165, 1.54) is 0 Å². The maximum Gasteiger partial charge on any atom is 0.243 e. The lowest BCUT2D eigenvalue weighted by Crippen LogP contribution is -2.38. The van der Waals surface area contributed by atoms with Crippen molar-refractivity contribution in [3.63, 3.8) is 0 Å². The van der Waals surface area contributed by atoms with Crippen LogP contribution in [-0.2, 0) is 10.0 Å². The minimum atomic E-state index is -4.15. The van der Waals surface area contributed by atoms with E-state index in [4.69, 9.17) is 16.3 Å². The van der Waals surface area contributed by atoms with Crippen LogP contribution in [0.4, 0.5) is 8.78 Å². The Morgan fingerprint density at radius 1 is 1.19 bits per heavy atom. The number of hydrogen-bond acceptors (Lipinski definition) is 4. The topological polar surface area (TPSA) is 67.4 Å². The fourth-order valence-electron chi connectivity index (χ4n) is 3.62. The molecule has 3 rings (SSSR count). The van der Waals surface area contributed by atoms with Crippen LogP contribution in [0.3, 0.4) is 0 Å². The zero-order valence-corrected chi connectivity index (χ0v) is 19.1. The third kappa shape index (κ3) is 6.16. The molecule has 0 aromatic heterocycles. The lowest BCUT2D eigenvalue weighted by atomic mass is 9.81. The molecule has 9 heteroatoms. The van der Waals surface area contributed by atoms with E-state index >= 15 is 0 Å². The molecule has 0 amide bonds. The first-order valence-corrected chi connectivity index (χ1v) is 12.1. The first-order valence-electron chi connectivity index (χ1n) is 10.2. The Kier molecular flexibility index (Phi) is 7.91. The van der Waals surface area contributed by atoms with Crippen LogP contribution in [0.1, 0.15) is 31.7 Å². The minimum absolute atomic E-state index is 0.0305. The third-order valence-corrected chi connectivity index (χ3v) is 7.01. The average molecular weight is 473 g/mol. The fourth-order valence-corrected chi connectivity index (χ4v) is 5.03. The van der Waals surface area contributed by atoms with Gasteiger partial charge in [-0.25, -0.2) is 21.9 Å². The Balaban J connectivity index is 1.73. The van der Waals surface area contributed by atoms with E-state index < -0.39 is 26.6 Å². The number of benzene rings is 2. The van der Waals surface area contributed by atoms with E-state index in [2.05, 4.69) is 10.0 Å². The van der Waals surface area contributed by atoms with E-state index in [1.54, 1.807) is 0 Å². The van der Waals surface area contributed by atoms with Crippen LogP contribution in [0, 0.1) is 23.5 Å². The molecule has 2 atom stereocenters. The molecule has 31 heavy (non-hydrogen) atoms. The standard InChI is InChI=1S/C22H27ClF2N2O3S/c1-14(2)11-27-31(28,29)22-10-19(24)21(9-20(22)25)30-13-16-12-26-8-7-18(16)15-3-5-17(23)6-4-15/h3-6,9-10,14,16,18,26-27H,7-8,11-13H2,1-2H3/t16-,18-/m1/s1. The summed E-state index contributed by atoms with van der Waals surface area (Å²) >= 11 is 5.98. The summed E-state index contributed by atoms with van der Waals surface area (Å²) in [5.41, 5.74) is 1.11. The number of ether oxygens (including phenoxy) is 1. The molecule has 1 heterocycles. The molecule has 0 aliphatic carbocycles. The molecule has 170 valence electrons. The largest absolute Gasteiger partial charge is 0.490 e. The van der Waals surface area contributed by atoms with Crippen LogP contribution in [0.15, 0.2) is 41.3 Å². The molecule has 1 aliphatic rings. The molecule has 2 aromatic rings. The second kappa shape index (κ2) is 10.3. The second-order valence-electron chi connectivity index (χ2n) is 8.18. The normalized spacial score (nSPS) is 19.5. The zero-order valence-electron chi connectivity index (χ0n) is 17.5. The molecule has 1 fully saturated rings.